The highest BCUT2D eigenvalue weighted by Gasteiger charge is 2.26. The van der Waals surface area contributed by atoms with Gasteiger partial charge in [-0.2, -0.15) is 0 Å². The van der Waals surface area contributed by atoms with Gasteiger partial charge in [-0.15, -0.1) is 0 Å². The van der Waals surface area contributed by atoms with Crippen molar-refractivity contribution in [1.82, 2.24) is 10.2 Å². The highest BCUT2D eigenvalue weighted by molar-refractivity contribution is 5.80. The Balaban J connectivity index is 3.05. The number of carbonyl (C=O) groups is 1. The van der Waals surface area contributed by atoms with Crippen LogP contribution in [-0.2, 0) is 9.53 Å². The number of hydrogen-bond acceptors (Lipinski definition) is 3. The normalized spacial score (nSPS) is 21.1. The molecule has 0 heterocycles. The molecule has 0 aliphatic heterocycles. The van der Waals surface area contributed by atoms with E-state index < -0.39 is 0 Å². The topological polar surface area (TPSA) is 41.6 Å². The van der Waals surface area contributed by atoms with Crippen LogP contribution in [0.15, 0.2) is 84.4 Å². The summed E-state index contributed by atoms with van der Waals surface area (Å²) in [5, 5.41) is 3.07. The molecule has 0 aromatic carbocycles. The summed E-state index contributed by atoms with van der Waals surface area (Å²) in [7, 11) is 3.68. The van der Waals surface area contributed by atoms with Crippen molar-refractivity contribution in [2.24, 2.45) is 5.92 Å². The van der Waals surface area contributed by atoms with Gasteiger partial charge < -0.3 is 15.0 Å². The molecular formula is C26H38N2O2. The third kappa shape index (κ3) is 7.34. The Hall–Kier alpha value is -2.59. The molecule has 0 aromatic rings. The Bertz CT molecular complexity index is 760. The van der Waals surface area contributed by atoms with E-state index in [0.717, 1.165) is 53.8 Å². The Kier molecular flexibility index (Phi) is 10.9. The van der Waals surface area contributed by atoms with E-state index in [1.165, 1.54) is 0 Å². The van der Waals surface area contributed by atoms with E-state index >= 15 is 0 Å². The molecule has 4 heteroatoms. The molecule has 1 saturated carbocycles. The van der Waals surface area contributed by atoms with Gasteiger partial charge in [-0.25, -0.2) is 0 Å². The van der Waals surface area contributed by atoms with Gasteiger partial charge in [0, 0.05) is 31.5 Å². The maximum atomic E-state index is 12.7. The Labute approximate surface area is 183 Å². The van der Waals surface area contributed by atoms with Crippen molar-refractivity contribution < 1.29 is 9.53 Å². The van der Waals surface area contributed by atoms with Crippen LogP contribution >= 0.6 is 0 Å². The van der Waals surface area contributed by atoms with Gasteiger partial charge in [0.2, 0.25) is 5.91 Å². The predicted molar refractivity (Wildman–Crippen MR) is 128 cm³/mol. The van der Waals surface area contributed by atoms with Gasteiger partial charge in [0.15, 0.2) is 0 Å². The lowest BCUT2D eigenvalue weighted by molar-refractivity contribution is -0.126. The van der Waals surface area contributed by atoms with Crippen molar-refractivity contribution in [1.29, 1.82) is 0 Å². The monoisotopic (exact) mass is 410 g/mol. The fourth-order valence-corrected chi connectivity index (χ4v) is 3.71. The molecule has 0 radical (unpaired) electrons. The molecule has 30 heavy (non-hydrogen) atoms. The number of hydrogen-bond donors (Lipinski definition) is 1. The standard InChI is InChI=1S/C26H38N2O2/c1-9-21(10-2)23(17-19(5)25(11-3)28(7)12-4)18-20(6)27-26(29)22-13-15-24(30-8)16-14-22/h9-12,17-18,22,24H,1,4-5,13-16H2,2-3,6-8H3,(H,27,29)/b20-18+,21-10-,23-17-,25-11-. The van der Waals surface area contributed by atoms with Crippen LogP contribution in [0, 0.1) is 5.92 Å². The third-order valence-electron chi connectivity index (χ3n) is 5.52. The van der Waals surface area contributed by atoms with Crippen LogP contribution in [0.3, 0.4) is 0 Å². The number of amides is 1. The minimum Gasteiger partial charge on any atom is -0.381 e. The van der Waals surface area contributed by atoms with E-state index in [4.69, 9.17) is 4.74 Å². The maximum Gasteiger partial charge on any atom is 0.227 e. The van der Waals surface area contributed by atoms with E-state index in [9.17, 15) is 4.79 Å². The zero-order valence-corrected chi connectivity index (χ0v) is 19.3. The highest BCUT2D eigenvalue weighted by Crippen LogP contribution is 2.26. The van der Waals surface area contributed by atoms with Gasteiger partial charge in [-0.1, -0.05) is 38.0 Å². The molecule has 1 aliphatic carbocycles. The second kappa shape index (κ2) is 12.9. The van der Waals surface area contributed by atoms with Gasteiger partial charge in [0.1, 0.15) is 0 Å². The smallest absolute Gasteiger partial charge is 0.227 e. The van der Waals surface area contributed by atoms with Crippen molar-refractivity contribution in [3.8, 4) is 0 Å². The Morgan fingerprint density at radius 1 is 1.07 bits per heavy atom. The SMILES string of the molecule is C=CC(=C/C)/C(=C\C(=C)/C(=C/C)N(C)C=C)/C=C(\C)NC(=O)C1CCC(OC)CC1. The quantitative estimate of drug-likeness (QED) is 0.462. The summed E-state index contributed by atoms with van der Waals surface area (Å²) in [6.45, 7) is 17.8. The molecule has 1 fully saturated rings. The van der Waals surface area contributed by atoms with Gasteiger partial charge >= 0.3 is 0 Å². The van der Waals surface area contributed by atoms with Crippen LogP contribution in [0.2, 0.25) is 0 Å². The van der Waals surface area contributed by atoms with Crippen LogP contribution in [-0.4, -0.2) is 31.1 Å². The molecule has 0 aromatic heterocycles. The van der Waals surface area contributed by atoms with Crippen molar-refractivity contribution in [2.45, 2.75) is 52.6 Å². The molecule has 4 nitrogen and oxygen atoms in total. The first-order chi connectivity index (χ1) is 14.3. The van der Waals surface area contributed by atoms with Crippen molar-refractivity contribution in [3.05, 3.63) is 84.4 Å². The van der Waals surface area contributed by atoms with Gasteiger partial charge in [0.25, 0.3) is 0 Å². The van der Waals surface area contributed by atoms with E-state index in [-0.39, 0.29) is 17.9 Å². The van der Waals surface area contributed by atoms with Crippen LogP contribution in [0.5, 0.6) is 0 Å². The average Bonchev–Trinajstić information content (AvgIpc) is 2.74. The first-order valence-corrected chi connectivity index (χ1v) is 10.5. The molecular weight excluding hydrogens is 372 g/mol. The van der Waals surface area contributed by atoms with E-state index in [2.05, 4.69) is 25.1 Å². The number of nitrogens with one attached hydrogen (secondary N) is 1. The fourth-order valence-electron chi connectivity index (χ4n) is 3.71. The lowest BCUT2D eigenvalue weighted by atomic mass is 9.86. The van der Waals surface area contributed by atoms with Crippen molar-refractivity contribution in [3.63, 3.8) is 0 Å². The minimum atomic E-state index is 0.0404. The number of nitrogens with zero attached hydrogens (tertiary/aromatic N) is 1. The van der Waals surface area contributed by atoms with Crippen molar-refractivity contribution in [2.75, 3.05) is 14.2 Å². The first kappa shape index (κ1) is 25.4. The summed E-state index contributed by atoms with van der Waals surface area (Å²) in [6, 6.07) is 0. The lowest BCUT2D eigenvalue weighted by Crippen LogP contribution is -2.33. The predicted octanol–water partition coefficient (Wildman–Crippen LogP) is 5.81. The molecule has 0 unspecified atom stereocenters. The Morgan fingerprint density at radius 2 is 1.70 bits per heavy atom. The van der Waals surface area contributed by atoms with Gasteiger partial charge in [0.05, 0.1) is 6.10 Å². The summed E-state index contributed by atoms with van der Waals surface area (Å²) in [6.07, 6.45) is 15.4. The Morgan fingerprint density at radius 3 is 2.17 bits per heavy atom. The third-order valence-corrected chi connectivity index (χ3v) is 5.52. The van der Waals surface area contributed by atoms with E-state index in [1.807, 2.05) is 63.1 Å². The average molecular weight is 411 g/mol. The molecule has 0 saturated heterocycles. The molecule has 1 rings (SSSR count). The first-order valence-electron chi connectivity index (χ1n) is 10.5. The molecule has 164 valence electrons. The van der Waals surface area contributed by atoms with Gasteiger partial charge in [-0.05, 0) is 81.5 Å². The largest absolute Gasteiger partial charge is 0.381 e. The van der Waals surface area contributed by atoms with Crippen LogP contribution in [0.25, 0.3) is 0 Å². The summed E-state index contributed by atoms with van der Waals surface area (Å²) in [4.78, 5) is 14.6. The summed E-state index contributed by atoms with van der Waals surface area (Å²) < 4.78 is 5.41. The van der Waals surface area contributed by atoms with Crippen LogP contribution < -0.4 is 5.32 Å². The zero-order chi connectivity index (χ0) is 22.7. The molecule has 0 atom stereocenters. The number of allylic oxidation sites excluding steroid dienone is 8. The zero-order valence-electron chi connectivity index (χ0n) is 19.3. The molecule has 1 aliphatic rings. The summed E-state index contributed by atoms with van der Waals surface area (Å²) >= 11 is 0. The maximum absolute atomic E-state index is 12.7. The number of methoxy groups -OCH3 is 1. The number of carbonyl (C=O) groups excluding carboxylic acids is 1. The van der Waals surface area contributed by atoms with Gasteiger partial charge in [-0.3, -0.25) is 4.79 Å². The number of ether oxygens (including phenoxy) is 1. The molecule has 1 N–H and O–H groups in total. The minimum absolute atomic E-state index is 0.0404. The second-order valence-electron chi connectivity index (χ2n) is 7.57. The van der Waals surface area contributed by atoms with Crippen LogP contribution in [0.1, 0.15) is 46.5 Å². The van der Waals surface area contributed by atoms with E-state index in [1.54, 1.807) is 13.3 Å². The second-order valence-corrected chi connectivity index (χ2v) is 7.57. The highest BCUT2D eigenvalue weighted by atomic mass is 16.5. The van der Waals surface area contributed by atoms with Crippen LogP contribution in [0.4, 0.5) is 0 Å². The molecule has 0 bridgehead atoms. The van der Waals surface area contributed by atoms with E-state index in [0.29, 0.717) is 0 Å². The lowest BCUT2D eigenvalue weighted by Gasteiger charge is -2.26. The molecule has 1 amide bonds. The number of rotatable bonds is 10. The fraction of sp³-hybridized carbons (Fsp3) is 0.423. The number of likely N-dealkylation sites (N-methyl/N-ethyl adjacent to an activating group) is 1. The summed E-state index contributed by atoms with van der Waals surface area (Å²) in [5.41, 5.74) is 4.53. The van der Waals surface area contributed by atoms with Crippen molar-refractivity contribution >= 4 is 5.91 Å². The molecule has 0 spiro atoms. The summed E-state index contributed by atoms with van der Waals surface area (Å²) in [5.74, 6) is 0.122.